The maximum atomic E-state index is 11.9. The van der Waals surface area contributed by atoms with E-state index in [0.29, 0.717) is 25.4 Å². The van der Waals surface area contributed by atoms with Crippen LogP contribution in [0, 0.1) is 5.92 Å². The normalized spacial score (nSPS) is 20.8. The molecule has 1 heterocycles. The largest absolute Gasteiger partial charge is 0.481 e. The van der Waals surface area contributed by atoms with Crippen molar-refractivity contribution in [2.45, 2.75) is 52.0 Å². The van der Waals surface area contributed by atoms with Gasteiger partial charge in [-0.05, 0) is 32.1 Å². The first kappa shape index (κ1) is 14.8. The third-order valence-corrected chi connectivity index (χ3v) is 3.62. The number of amides is 2. The van der Waals surface area contributed by atoms with Crippen molar-refractivity contribution in [3.8, 4) is 0 Å². The van der Waals surface area contributed by atoms with Crippen LogP contribution in [0.15, 0.2) is 0 Å². The molecule has 0 spiro atoms. The Labute approximate surface area is 109 Å². The number of nitrogens with zero attached hydrogens (tertiary/aromatic N) is 1. The van der Waals surface area contributed by atoms with Crippen LogP contribution in [0.4, 0.5) is 4.79 Å². The highest BCUT2D eigenvalue weighted by molar-refractivity contribution is 5.74. The van der Waals surface area contributed by atoms with Gasteiger partial charge in [-0.1, -0.05) is 13.8 Å². The molecule has 0 bridgehead atoms. The minimum absolute atomic E-state index is 0.00216. The van der Waals surface area contributed by atoms with E-state index < -0.39 is 5.97 Å². The molecule has 5 nitrogen and oxygen atoms in total. The average molecular weight is 256 g/mol. The first-order chi connectivity index (χ1) is 8.56. The van der Waals surface area contributed by atoms with Crippen LogP contribution in [0.1, 0.15) is 46.0 Å². The standard InChI is InChI=1S/C13H24N2O3/c1-3-11-7-5-9-15(11)13(18)14-8-4-6-10(2)12(16)17/h10-11H,3-9H2,1-2H3,(H,14,18)(H,16,17). The Balaban J connectivity index is 2.19. The second-order valence-electron chi connectivity index (χ2n) is 5.01. The van der Waals surface area contributed by atoms with Gasteiger partial charge in [0.2, 0.25) is 0 Å². The Morgan fingerprint density at radius 1 is 1.50 bits per heavy atom. The third kappa shape index (κ3) is 4.20. The van der Waals surface area contributed by atoms with Gasteiger partial charge in [-0.25, -0.2) is 4.79 Å². The fourth-order valence-corrected chi connectivity index (χ4v) is 2.36. The monoisotopic (exact) mass is 256 g/mol. The third-order valence-electron chi connectivity index (χ3n) is 3.62. The van der Waals surface area contributed by atoms with Crippen molar-refractivity contribution in [1.29, 1.82) is 0 Å². The Morgan fingerprint density at radius 3 is 2.83 bits per heavy atom. The number of carboxylic acids is 1. The van der Waals surface area contributed by atoms with Gasteiger partial charge in [-0.15, -0.1) is 0 Å². The molecular formula is C13H24N2O3. The Hall–Kier alpha value is -1.26. The SMILES string of the molecule is CCC1CCCN1C(=O)NCCCC(C)C(=O)O. The van der Waals surface area contributed by atoms with Crippen LogP contribution in [0.5, 0.6) is 0 Å². The minimum Gasteiger partial charge on any atom is -0.481 e. The smallest absolute Gasteiger partial charge is 0.317 e. The van der Waals surface area contributed by atoms with Crippen molar-refractivity contribution in [2.24, 2.45) is 5.92 Å². The van der Waals surface area contributed by atoms with Gasteiger partial charge in [0, 0.05) is 19.1 Å². The zero-order valence-electron chi connectivity index (χ0n) is 11.3. The Morgan fingerprint density at radius 2 is 2.22 bits per heavy atom. The summed E-state index contributed by atoms with van der Waals surface area (Å²) in [6, 6.07) is 0.380. The molecule has 0 radical (unpaired) electrons. The molecule has 0 aromatic heterocycles. The molecule has 5 heteroatoms. The molecule has 1 aliphatic heterocycles. The van der Waals surface area contributed by atoms with Crippen molar-refractivity contribution in [1.82, 2.24) is 10.2 Å². The minimum atomic E-state index is -0.771. The molecule has 2 atom stereocenters. The van der Waals surface area contributed by atoms with Gasteiger partial charge in [0.1, 0.15) is 0 Å². The molecule has 18 heavy (non-hydrogen) atoms. The molecule has 2 N–H and O–H groups in total. The van der Waals surface area contributed by atoms with Crippen molar-refractivity contribution >= 4 is 12.0 Å². The summed E-state index contributed by atoms with van der Waals surface area (Å²) in [5.74, 6) is -1.11. The van der Waals surface area contributed by atoms with Crippen LogP contribution in [0.3, 0.4) is 0 Å². The van der Waals surface area contributed by atoms with Crippen LogP contribution in [0.2, 0.25) is 0 Å². The number of rotatable bonds is 6. The lowest BCUT2D eigenvalue weighted by Crippen LogP contribution is -2.42. The van der Waals surface area contributed by atoms with Gasteiger partial charge in [-0.3, -0.25) is 4.79 Å². The summed E-state index contributed by atoms with van der Waals surface area (Å²) in [7, 11) is 0. The molecule has 1 fully saturated rings. The van der Waals surface area contributed by atoms with Crippen LogP contribution < -0.4 is 5.32 Å². The van der Waals surface area contributed by atoms with Crippen molar-refractivity contribution in [3.05, 3.63) is 0 Å². The number of likely N-dealkylation sites (tertiary alicyclic amines) is 1. The summed E-state index contributed by atoms with van der Waals surface area (Å²) in [6.45, 7) is 5.20. The van der Waals surface area contributed by atoms with Gasteiger partial charge in [0.25, 0.3) is 0 Å². The van der Waals surface area contributed by atoms with E-state index in [1.54, 1.807) is 6.92 Å². The number of aliphatic carboxylic acids is 1. The predicted octanol–water partition coefficient (Wildman–Crippen LogP) is 2.07. The molecule has 1 saturated heterocycles. The lowest BCUT2D eigenvalue weighted by molar-refractivity contribution is -0.141. The van der Waals surface area contributed by atoms with E-state index in [1.807, 2.05) is 4.90 Å². The molecule has 2 amide bonds. The van der Waals surface area contributed by atoms with Gasteiger partial charge >= 0.3 is 12.0 Å². The lowest BCUT2D eigenvalue weighted by atomic mass is 10.1. The lowest BCUT2D eigenvalue weighted by Gasteiger charge is -2.24. The van der Waals surface area contributed by atoms with Crippen LogP contribution in [-0.2, 0) is 4.79 Å². The van der Waals surface area contributed by atoms with Crippen LogP contribution in [0.25, 0.3) is 0 Å². The number of carbonyl (C=O) groups excluding carboxylic acids is 1. The van der Waals surface area contributed by atoms with E-state index >= 15 is 0 Å². The van der Waals surface area contributed by atoms with E-state index in [1.165, 1.54) is 0 Å². The topological polar surface area (TPSA) is 69.6 Å². The van der Waals surface area contributed by atoms with Gasteiger partial charge in [0.15, 0.2) is 0 Å². The maximum absolute atomic E-state index is 11.9. The summed E-state index contributed by atoms with van der Waals surface area (Å²) in [4.78, 5) is 24.4. The molecule has 0 aliphatic carbocycles. The Kier molecular flexibility index (Phi) is 5.95. The second-order valence-corrected chi connectivity index (χ2v) is 5.01. The number of nitrogens with one attached hydrogen (secondary N) is 1. The van der Waals surface area contributed by atoms with Gasteiger partial charge in [0.05, 0.1) is 5.92 Å². The van der Waals surface area contributed by atoms with Crippen molar-refractivity contribution in [2.75, 3.05) is 13.1 Å². The average Bonchev–Trinajstić information content (AvgIpc) is 2.82. The summed E-state index contributed by atoms with van der Waals surface area (Å²) in [5, 5.41) is 11.6. The molecule has 1 rings (SSSR count). The zero-order chi connectivity index (χ0) is 13.5. The first-order valence-corrected chi connectivity index (χ1v) is 6.83. The van der Waals surface area contributed by atoms with E-state index in [9.17, 15) is 9.59 Å². The maximum Gasteiger partial charge on any atom is 0.317 e. The fourth-order valence-electron chi connectivity index (χ4n) is 2.36. The van der Waals surface area contributed by atoms with Crippen LogP contribution >= 0.6 is 0 Å². The van der Waals surface area contributed by atoms with E-state index in [0.717, 1.165) is 25.8 Å². The molecular weight excluding hydrogens is 232 g/mol. The molecule has 104 valence electrons. The van der Waals surface area contributed by atoms with Crippen LogP contribution in [-0.4, -0.2) is 41.1 Å². The Bertz CT molecular complexity index is 294. The number of hydrogen-bond donors (Lipinski definition) is 2. The number of carbonyl (C=O) groups is 2. The van der Waals surface area contributed by atoms with E-state index in [-0.39, 0.29) is 11.9 Å². The first-order valence-electron chi connectivity index (χ1n) is 6.83. The van der Waals surface area contributed by atoms with E-state index in [2.05, 4.69) is 12.2 Å². The molecule has 2 unspecified atom stereocenters. The van der Waals surface area contributed by atoms with Gasteiger partial charge in [-0.2, -0.15) is 0 Å². The zero-order valence-corrected chi connectivity index (χ0v) is 11.3. The summed E-state index contributed by atoms with van der Waals surface area (Å²) < 4.78 is 0. The van der Waals surface area contributed by atoms with Crippen molar-refractivity contribution < 1.29 is 14.7 Å². The second kappa shape index (κ2) is 7.24. The summed E-state index contributed by atoms with van der Waals surface area (Å²) in [5.41, 5.74) is 0. The highest BCUT2D eigenvalue weighted by atomic mass is 16.4. The highest BCUT2D eigenvalue weighted by Gasteiger charge is 2.26. The highest BCUT2D eigenvalue weighted by Crippen LogP contribution is 2.19. The summed E-state index contributed by atoms with van der Waals surface area (Å²) in [6.07, 6.45) is 4.50. The number of hydrogen-bond acceptors (Lipinski definition) is 2. The van der Waals surface area contributed by atoms with Crippen molar-refractivity contribution in [3.63, 3.8) is 0 Å². The molecule has 0 aromatic rings. The molecule has 1 aliphatic rings. The predicted molar refractivity (Wildman–Crippen MR) is 69.5 cm³/mol. The molecule has 0 aromatic carbocycles. The fraction of sp³-hybridized carbons (Fsp3) is 0.846. The number of urea groups is 1. The van der Waals surface area contributed by atoms with Gasteiger partial charge < -0.3 is 15.3 Å². The quantitative estimate of drug-likeness (QED) is 0.715. The van der Waals surface area contributed by atoms with E-state index in [4.69, 9.17) is 5.11 Å². The number of carboxylic acid groups (broad SMARTS) is 1. The summed E-state index contributed by atoms with van der Waals surface area (Å²) >= 11 is 0. The molecule has 0 saturated carbocycles.